The van der Waals surface area contributed by atoms with Gasteiger partial charge in [-0.3, -0.25) is 9.59 Å². The zero-order valence-corrected chi connectivity index (χ0v) is 12.0. The molecule has 0 aliphatic carbocycles. The minimum absolute atomic E-state index is 0.109. The predicted molar refractivity (Wildman–Crippen MR) is 72.7 cm³/mol. The van der Waals surface area contributed by atoms with Crippen LogP contribution in [-0.2, 0) is 14.3 Å². The molecule has 0 aromatic carbocycles. The molecule has 2 heterocycles. The monoisotopic (exact) mass is 310 g/mol. The van der Waals surface area contributed by atoms with Gasteiger partial charge in [0.05, 0.1) is 25.7 Å². The van der Waals surface area contributed by atoms with E-state index in [2.05, 4.69) is 5.32 Å². The zero-order valence-electron chi connectivity index (χ0n) is 12.0. The van der Waals surface area contributed by atoms with Crippen molar-refractivity contribution in [3.05, 3.63) is 0 Å². The van der Waals surface area contributed by atoms with Crippen LogP contribution >= 0.6 is 0 Å². The van der Waals surface area contributed by atoms with Gasteiger partial charge >= 0.3 is 6.09 Å². The van der Waals surface area contributed by atoms with Crippen molar-refractivity contribution in [3.8, 4) is 6.07 Å². The molecule has 2 aliphatic heterocycles. The summed E-state index contributed by atoms with van der Waals surface area (Å²) in [4.78, 5) is 38.3. The molecule has 2 aliphatic rings. The summed E-state index contributed by atoms with van der Waals surface area (Å²) >= 11 is 0. The van der Waals surface area contributed by atoms with Crippen LogP contribution in [0.1, 0.15) is 12.8 Å². The zero-order chi connectivity index (χ0) is 16.1. The predicted octanol–water partition coefficient (Wildman–Crippen LogP) is -1.00. The van der Waals surface area contributed by atoms with Gasteiger partial charge in [-0.05, 0) is 6.42 Å². The Hall–Kier alpha value is -2.34. The van der Waals surface area contributed by atoms with Crippen molar-refractivity contribution in [2.45, 2.75) is 24.9 Å². The van der Waals surface area contributed by atoms with Crippen LogP contribution < -0.4 is 5.32 Å². The Bertz CT molecular complexity index is 497. The van der Waals surface area contributed by atoms with Crippen LogP contribution in [0.15, 0.2) is 0 Å². The van der Waals surface area contributed by atoms with Crippen LogP contribution in [0.3, 0.4) is 0 Å². The van der Waals surface area contributed by atoms with E-state index >= 15 is 0 Å². The number of carbonyl (C=O) groups excluding carboxylic acids is 2. The van der Waals surface area contributed by atoms with Crippen molar-refractivity contribution < 1.29 is 24.2 Å². The fraction of sp³-hybridized carbons (Fsp3) is 0.692. The summed E-state index contributed by atoms with van der Waals surface area (Å²) < 4.78 is 5.18. The summed E-state index contributed by atoms with van der Waals surface area (Å²) in [6.07, 6.45) is -1.10. The number of rotatable bonds is 4. The molecule has 0 saturated carbocycles. The Morgan fingerprint density at radius 3 is 2.68 bits per heavy atom. The van der Waals surface area contributed by atoms with Gasteiger partial charge < -0.3 is 25.0 Å². The van der Waals surface area contributed by atoms with Crippen LogP contribution in [0.4, 0.5) is 4.79 Å². The van der Waals surface area contributed by atoms with Crippen molar-refractivity contribution in [1.29, 1.82) is 5.26 Å². The van der Waals surface area contributed by atoms with Crippen LogP contribution in [0.5, 0.6) is 0 Å². The Kier molecular flexibility index (Phi) is 5.16. The van der Waals surface area contributed by atoms with Gasteiger partial charge in [0.15, 0.2) is 0 Å². The second-order valence-corrected chi connectivity index (χ2v) is 5.14. The summed E-state index contributed by atoms with van der Waals surface area (Å²) in [6, 6.07) is 0.216. The third-order valence-corrected chi connectivity index (χ3v) is 3.81. The molecule has 0 bridgehead atoms. The molecule has 3 amide bonds. The van der Waals surface area contributed by atoms with Crippen molar-refractivity contribution in [2.75, 3.05) is 32.8 Å². The van der Waals surface area contributed by atoms with E-state index in [4.69, 9.17) is 15.1 Å². The normalized spacial score (nSPS) is 23.0. The standard InChI is InChI=1S/C13H18N4O5/c14-3-1-10(12(19)16-5-7-22-8-6-16)17-4-2-9(11(17)18)15-13(20)21/h9-10,15H,1-2,4-8H2,(H,20,21)/t9-,10-/m0/s1. The van der Waals surface area contributed by atoms with E-state index in [9.17, 15) is 14.4 Å². The van der Waals surface area contributed by atoms with Gasteiger partial charge in [-0.25, -0.2) is 4.79 Å². The first-order valence-electron chi connectivity index (χ1n) is 7.08. The number of ether oxygens (including phenoxy) is 1. The first-order chi connectivity index (χ1) is 10.5. The van der Waals surface area contributed by atoms with Crippen LogP contribution in [0.25, 0.3) is 0 Å². The highest BCUT2D eigenvalue weighted by molar-refractivity contribution is 5.92. The van der Waals surface area contributed by atoms with Gasteiger partial charge in [0.1, 0.15) is 12.1 Å². The van der Waals surface area contributed by atoms with E-state index in [1.807, 2.05) is 6.07 Å². The molecule has 2 rings (SSSR count). The van der Waals surface area contributed by atoms with Gasteiger partial charge in [-0.1, -0.05) is 0 Å². The van der Waals surface area contributed by atoms with Crippen LogP contribution in [0, 0.1) is 11.3 Å². The minimum Gasteiger partial charge on any atom is -0.465 e. The molecule has 0 unspecified atom stereocenters. The van der Waals surface area contributed by atoms with Gasteiger partial charge in [0, 0.05) is 19.6 Å². The van der Waals surface area contributed by atoms with E-state index in [-0.39, 0.29) is 18.9 Å². The molecule has 22 heavy (non-hydrogen) atoms. The van der Waals surface area contributed by atoms with Crippen LogP contribution in [0.2, 0.25) is 0 Å². The number of carbonyl (C=O) groups is 3. The highest BCUT2D eigenvalue weighted by atomic mass is 16.5. The molecule has 9 heteroatoms. The molecule has 2 atom stereocenters. The fourth-order valence-electron chi connectivity index (χ4n) is 2.71. The summed E-state index contributed by atoms with van der Waals surface area (Å²) in [6.45, 7) is 1.98. The van der Waals surface area contributed by atoms with Gasteiger partial charge in [-0.15, -0.1) is 0 Å². The average molecular weight is 310 g/mol. The molecule has 9 nitrogen and oxygen atoms in total. The second-order valence-electron chi connectivity index (χ2n) is 5.14. The molecule has 120 valence electrons. The highest BCUT2D eigenvalue weighted by Gasteiger charge is 2.41. The van der Waals surface area contributed by atoms with E-state index in [0.717, 1.165) is 0 Å². The summed E-state index contributed by atoms with van der Waals surface area (Å²) in [5, 5.41) is 19.8. The number of carboxylic acid groups (broad SMARTS) is 1. The lowest BCUT2D eigenvalue weighted by Gasteiger charge is -2.33. The number of nitrogens with zero attached hydrogens (tertiary/aromatic N) is 3. The lowest BCUT2D eigenvalue weighted by molar-refractivity contribution is -0.146. The van der Waals surface area contributed by atoms with Crippen molar-refractivity contribution >= 4 is 17.9 Å². The number of nitriles is 1. The van der Waals surface area contributed by atoms with Crippen molar-refractivity contribution in [2.24, 2.45) is 0 Å². The summed E-state index contributed by atoms with van der Waals surface area (Å²) in [7, 11) is 0. The number of morpholine rings is 1. The van der Waals surface area contributed by atoms with E-state index in [0.29, 0.717) is 32.7 Å². The molecule has 0 aromatic rings. The van der Waals surface area contributed by atoms with Gasteiger partial charge in [0.25, 0.3) is 0 Å². The number of hydrogen-bond acceptors (Lipinski definition) is 5. The lowest BCUT2D eigenvalue weighted by Crippen LogP contribution is -2.53. The Morgan fingerprint density at radius 1 is 1.41 bits per heavy atom. The largest absolute Gasteiger partial charge is 0.465 e. The first kappa shape index (κ1) is 16.0. The number of amides is 3. The summed E-state index contributed by atoms with van der Waals surface area (Å²) in [5.41, 5.74) is 0. The second kappa shape index (κ2) is 7.09. The lowest BCUT2D eigenvalue weighted by atomic mass is 10.1. The first-order valence-corrected chi connectivity index (χ1v) is 7.08. The third kappa shape index (κ3) is 3.46. The SMILES string of the molecule is N#CC[C@@H](C(=O)N1CCOCC1)N1CC[C@H](NC(=O)O)C1=O. The average Bonchev–Trinajstić information content (AvgIpc) is 2.85. The molecular formula is C13H18N4O5. The maximum absolute atomic E-state index is 12.5. The molecule has 0 radical (unpaired) electrons. The highest BCUT2D eigenvalue weighted by Crippen LogP contribution is 2.19. The molecule has 2 N–H and O–H groups in total. The summed E-state index contributed by atoms with van der Waals surface area (Å²) in [5.74, 6) is -0.738. The molecule has 2 saturated heterocycles. The van der Waals surface area contributed by atoms with E-state index in [1.165, 1.54) is 4.90 Å². The number of hydrogen-bond donors (Lipinski definition) is 2. The minimum atomic E-state index is -1.28. The Morgan fingerprint density at radius 2 is 2.09 bits per heavy atom. The molecule has 2 fully saturated rings. The topological polar surface area (TPSA) is 123 Å². The number of nitrogens with one attached hydrogen (secondary N) is 1. The maximum atomic E-state index is 12.5. The van der Waals surface area contributed by atoms with Crippen LogP contribution in [-0.4, -0.2) is 77.7 Å². The number of likely N-dealkylation sites (tertiary alicyclic amines) is 1. The molecule has 0 aromatic heterocycles. The third-order valence-electron chi connectivity index (χ3n) is 3.81. The maximum Gasteiger partial charge on any atom is 0.405 e. The van der Waals surface area contributed by atoms with E-state index in [1.54, 1.807) is 4.90 Å². The fourth-order valence-corrected chi connectivity index (χ4v) is 2.71. The quantitative estimate of drug-likeness (QED) is 0.686. The smallest absolute Gasteiger partial charge is 0.405 e. The van der Waals surface area contributed by atoms with Gasteiger partial charge in [0.2, 0.25) is 11.8 Å². The van der Waals surface area contributed by atoms with Crippen molar-refractivity contribution in [3.63, 3.8) is 0 Å². The van der Waals surface area contributed by atoms with Gasteiger partial charge in [-0.2, -0.15) is 5.26 Å². The van der Waals surface area contributed by atoms with E-state index < -0.39 is 24.1 Å². The molecular weight excluding hydrogens is 292 g/mol. The molecule has 0 spiro atoms. The Balaban J connectivity index is 2.07. The van der Waals surface area contributed by atoms with Crippen molar-refractivity contribution in [1.82, 2.24) is 15.1 Å². The Labute approximate surface area is 127 Å².